The van der Waals surface area contributed by atoms with Gasteiger partial charge in [0.1, 0.15) is 5.82 Å². The van der Waals surface area contributed by atoms with Gasteiger partial charge in [0.25, 0.3) is 0 Å². The number of nitrogens with two attached hydrogens (primary N) is 1. The monoisotopic (exact) mass is 226 g/mol. The number of aromatic nitrogens is 3. The maximum atomic E-state index is 5.60. The second-order valence-corrected chi connectivity index (χ2v) is 4.66. The van der Waals surface area contributed by atoms with Crippen LogP contribution in [0.4, 0.5) is 0 Å². The van der Waals surface area contributed by atoms with Crippen molar-refractivity contribution in [1.29, 1.82) is 0 Å². The normalized spacial score (nSPS) is 12.7. The Balaban J connectivity index is 2.86. The van der Waals surface area contributed by atoms with Crippen LogP contribution in [0.3, 0.4) is 0 Å². The molecule has 1 aromatic heterocycles. The topological polar surface area (TPSA) is 56.7 Å². The minimum absolute atomic E-state index is 0.343. The summed E-state index contributed by atoms with van der Waals surface area (Å²) < 4.78 is 2.09. The molecule has 84 valence electrons. The number of rotatable bonds is 6. The quantitative estimate of drug-likeness (QED) is 0.594. The first kappa shape index (κ1) is 12.3. The van der Waals surface area contributed by atoms with Crippen LogP contribution >= 0.6 is 11.8 Å². The van der Waals surface area contributed by atoms with E-state index in [4.69, 9.17) is 5.73 Å². The average Bonchev–Trinajstić information content (AvgIpc) is 2.61. The van der Waals surface area contributed by atoms with E-state index in [0.717, 1.165) is 23.9 Å². The molecule has 1 unspecified atom stereocenters. The molecular formula is C10H18N4S. The third kappa shape index (κ3) is 3.07. The molecule has 0 aliphatic rings. The maximum absolute atomic E-state index is 5.60. The maximum Gasteiger partial charge on any atom is 0.191 e. The zero-order valence-corrected chi connectivity index (χ0v) is 10.1. The van der Waals surface area contributed by atoms with E-state index in [0.29, 0.717) is 11.8 Å². The molecule has 1 aromatic rings. The largest absolute Gasteiger partial charge is 0.324 e. The van der Waals surface area contributed by atoms with Crippen molar-refractivity contribution < 1.29 is 0 Å². The fourth-order valence-corrected chi connectivity index (χ4v) is 2.06. The van der Waals surface area contributed by atoms with E-state index in [2.05, 4.69) is 35.2 Å². The molecule has 0 spiro atoms. The van der Waals surface area contributed by atoms with Gasteiger partial charge in [-0.3, -0.25) is 0 Å². The summed E-state index contributed by atoms with van der Waals surface area (Å²) in [5, 5.41) is 9.49. The highest BCUT2D eigenvalue weighted by Gasteiger charge is 2.12. The first-order valence-corrected chi connectivity index (χ1v) is 6.02. The van der Waals surface area contributed by atoms with Gasteiger partial charge in [0, 0.05) is 11.8 Å². The minimum atomic E-state index is 0.343. The smallest absolute Gasteiger partial charge is 0.191 e. The van der Waals surface area contributed by atoms with Gasteiger partial charge in [0.05, 0.1) is 6.54 Å². The van der Waals surface area contributed by atoms with Gasteiger partial charge in [0.2, 0.25) is 0 Å². The minimum Gasteiger partial charge on any atom is -0.324 e. The molecule has 0 saturated carbocycles. The molecule has 0 radical (unpaired) electrons. The van der Waals surface area contributed by atoms with Crippen LogP contribution < -0.4 is 5.73 Å². The van der Waals surface area contributed by atoms with Crippen LogP contribution in [0.1, 0.15) is 26.1 Å². The summed E-state index contributed by atoms with van der Waals surface area (Å²) in [6.07, 6.45) is 2.96. The predicted octanol–water partition coefficient (Wildman–Crippen LogP) is 1.81. The second-order valence-electron chi connectivity index (χ2n) is 3.31. The molecule has 1 rings (SSSR count). The molecule has 0 bridgehead atoms. The molecule has 1 heterocycles. The van der Waals surface area contributed by atoms with Gasteiger partial charge in [-0.1, -0.05) is 24.8 Å². The van der Waals surface area contributed by atoms with E-state index in [1.165, 1.54) is 0 Å². The van der Waals surface area contributed by atoms with E-state index >= 15 is 0 Å². The Morgan fingerprint density at radius 3 is 2.87 bits per heavy atom. The molecule has 0 aliphatic carbocycles. The van der Waals surface area contributed by atoms with E-state index in [-0.39, 0.29) is 0 Å². The Morgan fingerprint density at radius 2 is 2.33 bits per heavy atom. The second kappa shape index (κ2) is 5.92. The lowest BCUT2D eigenvalue weighted by Gasteiger charge is -2.09. The number of thioether (sulfide) groups is 1. The van der Waals surface area contributed by atoms with Crippen LogP contribution in [0.5, 0.6) is 0 Å². The fraction of sp³-hybridized carbons (Fsp3) is 0.600. The van der Waals surface area contributed by atoms with Crippen molar-refractivity contribution in [2.24, 2.45) is 5.73 Å². The van der Waals surface area contributed by atoms with Gasteiger partial charge in [-0.2, -0.15) is 0 Å². The number of hydrogen-bond donors (Lipinski definition) is 1. The van der Waals surface area contributed by atoms with Crippen molar-refractivity contribution in [3.63, 3.8) is 0 Å². The van der Waals surface area contributed by atoms with Gasteiger partial charge in [-0.25, -0.2) is 0 Å². The third-order valence-electron chi connectivity index (χ3n) is 2.05. The van der Waals surface area contributed by atoms with Crippen molar-refractivity contribution >= 4 is 11.8 Å². The Labute approximate surface area is 95.0 Å². The molecule has 15 heavy (non-hydrogen) atoms. The number of hydrogen-bond acceptors (Lipinski definition) is 4. The summed E-state index contributed by atoms with van der Waals surface area (Å²) in [4.78, 5) is 0. The average molecular weight is 226 g/mol. The van der Waals surface area contributed by atoms with Crippen molar-refractivity contribution in [2.75, 3.05) is 0 Å². The van der Waals surface area contributed by atoms with E-state index in [1.54, 1.807) is 11.8 Å². The summed E-state index contributed by atoms with van der Waals surface area (Å²) in [7, 11) is 0. The van der Waals surface area contributed by atoms with Gasteiger partial charge >= 0.3 is 0 Å². The lowest BCUT2D eigenvalue weighted by atomic mass is 10.4. The molecule has 0 fully saturated rings. The van der Waals surface area contributed by atoms with Gasteiger partial charge in [0.15, 0.2) is 5.16 Å². The lowest BCUT2D eigenvalue weighted by molar-refractivity contribution is 0.592. The third-order valence-corrected chi connectivity index (χ3v) is 3.12. The Hall–Kier alpha value is -0.810. The van der Waals surface area contributed by atoms with Crippen LogP contribution in [0.15, 0.2) is 17.8 Å². The van der Waals surface area contributed by atoms with Gasteiger partial charge < -0.3 is 10.3 Å². The molecule has 0 aliphatic heterocycles. The highest BCUT2D eigenvalue weighted by Crippen LogP contribution is 2.22. The molecule has 5 heteroatoms. The van der Waals surface area contributed by atoms with Crippen LogP contribution in [0, 0.1) is 0 Å². The highest BCUT2D eigenvalue weighted by molar-refractivity contribution is 7.99. The fourth-order valence-electron chi connectivity index (χ4n) is 1.22. The molecule has 2 N–H and O–H groups in total. The van der Waals surface area contributed by atoms with Crippen LogP contribution in [-0.2, 0) is 13.1 Å². The Kier molecular flexibility index (Phi) is 4.84. The van der Waals surface area contributed by atoms with Crippen LogP contribution in [0.2, 0.25) is 0 Å². The molecule has 0 saturated heterocycles. The van der Waals surface area contributed by atoms with Gasteiger partial charge in [-0.05, 0) is 13.3 Å². The van der Waals surface area contributed by atoms with Gasteiger partial charge in [-0.15, -0.1) is 16.8 Å². The SMILES string of the molecule is C=CC(C)Sc1nnc(CN)n1CCC. The van der Waals surface area contributed by atoms with E-state index in [9.17, 15) is 0 Å². The number of nitrogens with zero attached hydrogens (tertiary/aromatic N) is 3. The zero-order valence-electron chi connectivity index (χ0n) is 9.31. The highest BCUT2D eigenvalue weighted by atomic mass is 32.2. The van der Waals surface area contributed by atoms with Crippen molar-refractivity contribution in [2.45, 2.75) is 43.8 Å². The summed E-state index contributed by atoms with van der Waals surface area (Å²) in [6, 6.07) is 0. The zero-order chi connectivity index (χ0) is 11.3. The summed E-state index contributed by atoms with van der Waals surface area (Å²) in [5.74, 6) is 0.857. The van der Waals surface area contributed by atoms with E-state index in [1.807, 2.05) is 6.08 Å². The molecule has 0 amide bonds. The molecule has 0 aromatic carbocycles. The van der Waals surface area contributed by atoms with E-state index < -0.39 is 0 Å². The van der Waals surface area contributed by atoms with Crippen LogP contribution in [0.25, 0.3) is 0 Å². The lowest BCUT2D eigenvalue weighted by Crippen LogP contribution is -2.09. The van der Waals surface area contributed by atoms with Crippen molar-refractivity contribution in [3.8, 4) is 0 Å². The Morgan fingerprint density at radius 1 is 1.60 bits per heavy atom. The van der Waals surface area contributed by atoms with Crippen LogP contribution in [-0.4, -0.2) is 20.0 Å². The molecule has 4 nitrogen and oxygen atoms in total. The predicted molar refractivity (Wildman–Crippen MR) is 63.7 cm³/mol. The summed E-state index contributed by atoms with van der Waals surface area (Å²) >= 11 is 1.66. The molecule has 1 atom stereocenters. The first-order chi connectivity index (χ1) is 7.22. The van der Waals surface area contributed by atoms with Crippen molar-refractivity contribution in [3.05, 3.63) is 18.5 Å². The van der Waals surface area contributed by atoms with Crippen molar-refractivity contribution in [1.82, 2.24) is 14.8 Å². The Bertz CT molecular complexity index is 321. The standard InChI is InChI=1S/C10H18N4S/c1-4-6-14-9(7-11)12-13-10(14)15-8(3)5-2/h5,8H,2,4,6-7,11H2,1,3H3. The first-order valence-electron chi connectivity index (χ1n) is 5.14. The molecular weight excluding hydrogens is 208 g/mol. The summed E-state index contributed by atoms with van der Waals surface area (Å²) in [5.41, 5.74) is 5.60. The summed E-state index contributed by atoms with van der Waals surface area (Å²) in [6.45, 7) is 9.34.